The molecule has 0 aromatic carbocycles. The number of esters is 1. The van der Waals surface area contributed by atoms with Crippen molar-refractivity contribution in [1.29, 1.82) is 0 Å². The van der Waals surface area contributed by atoms with Gasteiger partial charge in [-0.2, -0.15) is 0 Å². The summed E-state index contributed by atoms with van der Waals surface area (Å²) in [5, 5.41) is 23.3. The third-order valence-electron chi connectivity index (χ3n) is 5.70. The van der Waals surface area contributed by atoms with Crippen molar-refractivity contribution in [2.24, 2.45) is 11.8 Å². The van der Waals surface area contributed by atoms with Crippen LogP contribution in [0.4, 0.5) is 0 Å². The molecule has 0 aromatic rings. The minimum atomic E-state index is -1.34. The van der Waals surface area contributed by atoms with Crippen LogP contribution in [0.15, 0.2) is 0 Å². The summed E-state index contributed by atoms with van der Waals surface area (Å²) in [5.74, 6) is -1.42. The first-order valence-corrected chi connectivity index (χ1v) is 7.78. The predicted octanol–water partition coefficient (Wildman–Crippen LogP) is 0.109. The highest BCUT2D eigenvalue weighted by molar-refractivity contribution is 6.01. The molecule has 1 aliphatic carbocycles. The lowest BCUT2D eigenvalue weighted by Gasteiger charge is -2.55. The molecule has 2 saturated heterocycles. The topological polar surface area (TPSA) is 95.9 Å². The summed E-state index contributed by atoms with van der Waals surface area (Å²) < 4.78 is 5.32. The van der Waals surface area contributed by atoms with Crippen LogP contribution in [0.25, 0.3) is 0 Å². The quantitative estimate of drug-likeness (QED) is 0.643. The molecule has 0 radical (unpaired) electrons. The number of carbonyl (C=O) groups excluding carboxylic acids is 2. The van der Waals surface area contributed by atoms with E-state index < -0.39 is 35.2 Å². The maximum absolute atomic E-state index is 12.2. The molecule has 21 heavy (non-hydrogen) atoms. The molecule has 0 spiro atoms. The number of rotatable bonds is 3. The number of carbonyl (C=O) groups is 2. The first-order chi connectivity index (χ1) is 9.86. The van der Waals surface area contributed by atoms with Crippen molar-refractivity contribution in [3.05, 3.63) is 0 Å². The Morgan fingerprint density at radius 2 is 2.14 bits per heavy atom. The molecule has 3 rings (SSSR count). The van der Waals surface area contributed by atoms with E-state index in [9.17, 15) is 19.8 Å². The molecule has 6 atom stereocenters. The molecule has 6 unspecified atom stereocenters. The monoisotopic (exact) mass is 297 g/mol. The third kappa shape index (κ3) is 1.72. The lowest BCUT2D eigenvalue weighted by Crippen LogP contribution is -2.80. The molecule has 2 aliphatic heterocycles. The van der Waals surface area contributed by atoms with Gasteiger partial charge in [-0.25, -0.2) is 4.79 Å². The highest BCUT2D eigenvalue weighted by Crippen LogP contribution is 2.53. The molecule has 0 aromatic heterocycles. The van der Waals surface area contributed by atoms with Crippen molar-refractivity contribution in [1.82, 2.24) is 5.32 Å². The Labute approximate surface area is 123 Å². The van der Waals surface area contributed by atoms with Gasteiger partial charge in [-0.15, -0.1) is 0 Å². The average molecular weight is 297 g/mol. The SMILES string of the molecule is CCC1C(=O)NC2(C(O)C3CCCC(O)C3)C(=O)OC12C. The largest absolute Gasteiger partial charge is 0.453 e. The van der Waals surface area contributed by atoms with Crippen LogP contribution >= 0.6 is 0 Å². The van der Waals surface area contributed by atoms with Gasteiger partial charge in [0.1, 0.15) is 0 Å². The minimum Gasteiger partial charge on any atom is -0.453 e. The van der Waals surface area contributed by atoms with E-state index in [-0.39, 0.29) is 11.8 Å². The maximum atomic E-state index is 12.2. The smallest absolute Gasteiger partial charge is 0.339 e. The number of ether oxygens (including phenoxy) is 1. The Balaban J connectivity index is 1.91. The second kappa shape index (κ2) is 4.68. The summed E-state index contributed by atoms with van der Waals surface area (Å²) in [6.07, 6.45) is 1.83. The summed E-state index contributed by atoms with van der Waals surface area (Å²) >= 11 is 0. The summed E-state index contributed by atoms with van der Waals surface area (Å²) in [5.41, 5.74) is -2.33. The number of aliphatic hydroxyl groups is 2. The summed E-state index contributed by atoms with van der Waals surface area (Å²) in [6.45, 7) is 3.59. The van der Waals surface area contributed by atoms with Gasteiger partial charge in [0, 0.05) is 0 Å². The Morgan fingerprint density at radius 3 is 2.71 bits per heavy atom. The highest BCUT2D eigenvalue weighted by atomic mass is 16.6. The molecule has 3 N–H and O–H groups in total. The predicted molar refractivity (Wildman–Crippen MR) is 73.1 cm³/mol. The van der Waals surface area contributed by atoms with Crippen LogP contribution in [0.5, 0.6) is 0 Å². The van der Waals surface area contributed by atoms with Gasteiger partial charge in [-0.05, 0) is 38.5 Å². The maximum Gasteiger partial charge on any atom is 0.339 e. The van der Waals surface area contributed by atoms with Gasteiger partial charge in [0.25, 0.3) is 0 Å². The molecule has 1 saturated carbocycles. The van der Waals surface area contributed by atoms with Crippen molar-refractivity contribution in [3.63, 3.8) is 0 Å². The van der Waals surface area contributed by atoms with Crippen LogP contribution < -0.4 is 5.32 Å². The normalized spacial score (nSPS) is 47.1. The van der Waals surface area contributed by atoms with Gasteiger partial charge >= 0.3 is 5.97 Å². The number of nitrogens with one attached hydrogen (secondary N) is 1. The fourth-order valence-corrected chi connectivity index (χ4v) is 4.47. The summed E-state index contributed by atoms with van der Waals surface area (Å²) in [7, 11) is 0. The summed E-state index contributed by atoms with van der Waals surface area (Å²) in [6, 6.07) is 0. The number of hydrogen-bond donors (Lipinski definition) is 3. The Kier molecular flexibility index (Phi) is 3.29. The number of hydrogen-bond acceptors (Lipinski definition) is 5. The zero-order valence-corrected chi connectivity index (χ0v) is 12.5. The second-order valence-corrected chi connectivity index (χ2v) is 6.78. The van der Waals surface area contributed by atoms with Gasteiger partial charge in [0.2, 0.25) is 11.4 Å². The Hall–Kier alpha value is -1.14. The van der Waals surface area contributed by atoms with Gasteiger partial charge in [0.05, 0.1) is 18.1 Å². The highest BCUT2D eigenvalue weighted by Gasteiger charge is 2.79. The van der Waals surface area contributed by atoms with Crippen LogP contribution in [0.1, 0.15) is 46.0 Å². The van der Waals surface area contributed by atoms with Crippen molar-refractivity contribution in [2.75, 3.05) is 0 Å². The van der Waals surface area contributed by atoms with Crippen LogP contribution in [-0.2, 0) is 14.3 Å². The van der Waals surface area contributed by atoms with Crippen molar-refractivity contribution < 1.29 is 24.5 Å². The van der Waals surface area contributed by atoms with E-state index in [1.807, 2.05) is 6.92 Å². The van der Waals surface area contributed by atoms with Crippen LogP contribution in [0, 0.1) is 11.8 Å². The van der Waals surface area contributed by atoms with Crippen LogP contribution in [-0.4, -0.2) is 45.4 Å². The van der Waals surface area contributed by atoms with E-state index in [4.69, 9.17) is 4.74 Å². The zero-order valence-electron chi connectivity index (χ0n) is 12.5. The molecule has 0 bridgehead atoms. The van der Waals surface area contributed by atoms with Crippen molar-refractivity contribution in [2.45, 2.75) is 69.3 Å². The molecule has 6 nitrogen and oxygen atoms in total. The van der Waals surface area contributed by atoms with E-state index in [0.717, 1.165) is 19.3 Å². The van der Waals surface area contributed by atoms with Gasteiger partial charge in [0.15, 0.2) is 5.60 Å². The van der Waals surface area contributed by atoms with E-state index in [1.165, 1.54) is 0 Å². The van der Waals surface area contributed by atoms with E-state index in [0.29, 0.717) is 12.8 Å². The molecular formula is C15H23NO5. The molecule has 1 amide bonds. The lowest BCUT2D eigenvalue weighted by atomic mass is 9.63. The lowest BCUT2D eigenvalue weighted by molar-refractivity contribution is -0.240. The molecule has 118 valence electrons. The Morgan fingerprint density at radius 1 is 1.43 bits per heavy atom. The number of fused-ring (bicyclic) bond motifs is 1. The van der Waals surface area contributed by atoms with E-state index >= 15 is 0 Å². The Bertz CT molecular complexity index is 481. The van der Waals surface area contributed by atoms with Crippen LogP contribution in [0.3, 0.4) is 0 Å². The first-order valence-electron chi connectivity index (χ1n) is 7.78. The summed E-state index contributed by atoms with van der Waals surface area (Å²) in [4.78, 5) is 24.3. The number of aliphatic hydroxyl groups excluding tert-OH is 2. The van der Waals surface area contributed by atoms with Crippen LogP contribution in [0.2, 0.25) is 0 Å². The fraction of sp³-hybridized carbons (Fsp3) is 0.867. The molecule has 3 aliphatic rings. The standard InChI is InChI=1S/C15H23NO5/c1-3-10-12(19)16-15(13(20)21-14(10,15)2)11(18)8-5-4-6-9(17)7-8/h8-11,17-18H,3-7H2,1-2H3,(H,16,19). The van der Waals surface area contributed by atoms with Gasteiger partial charge in [-0.1, -0.05) is 13.3 Å². The molecular weight excluding hydrogens is 274 g/mol. The molecule has 2 heterocycles. The van der Waals surface area contributed by atoms with Crippen molar-refractivity contribution in [3.8, 4) is 0 Å². The first kappa shape index (κ1) is 14.8. The second-order valence-electron chi connectivity index (χ2n) is 6.78. The fourth-order valence-electron chi connectivity index (χ4n) is 4.47. The molecule has 6 heteroatoms. The van der Waals surface area contributed by atoms with Crippen molar-refractivity contribution >= 4 is 11.9 Å². The molecule has 3 fully saturated rings. The van der Waals surface area contributed by atoms with E-state index in [1.54, 1.807) is 6.92 Å². The minimum absolute atomic E-state index is 0.197. The van der Waals surface area contributed by atoms with E-state index in [2.05, 4.69) is 5.32 Å². The zero-order chi connectivity index (χ0) is 15.4. The number of amides is 1. The van der Waals surface area contributed by atoms with Gasteiger partial charge in [-0.3, -0.25) is 4.79 Å². The average Bonchev–Trinajstić information content (AvgIpc) is 2.61. The third-order valence-corrected chi connectivity index (χ3v) is 5.70. The van der Waals surface area contributed by atoms with Gasteiger partial charge < -0.3 is 20.3 Å².